The van der Waals surface area contributed by atoms with Gasteiger partial charge in [-0.05, 0) is 46.3 Å². The van der Waals surface area contributed by atoms with Crippen LogP contribution in [0.5, 0.6) is 5.75 Å². The highest BCUT2D eigenvalue weighted by Crippen LogP contribution is 2.23. The number of carboxylic acid groups (broad SMARTS) is 1. The molecular weight excluding hydrogens is 340 g/mol. The first-order valence-corrected chi connectivity index (χ1v) is 6.65. The summed E-state index contributed by atoms with van der Waals surface area (Å²) in [4.78, 5) is 26.6. The topological polar surface area (TPSA) is 88.5 Å². The first-order valence-electron chi connectivity index (χ1n) is 5.85. The van der Waals surface area contributed by atoms with Crippen molar-refractivity contribution in [1.29, 1.82) is 0 Å². The lowest BCUT2D eigenvalue weighted by Gasteiger charge is -2.08. The molecule has 1 aromatic heterocycles. The summed E-state index contributed by atoms with van der Waals surface area (Å²) in [6, 6.07) is 7.82. The van der Waals surface area contributed by atoms with Gasteiger partial charge in [-0.3, -0.25) is 4.79 Å². The van der Waals surface area contributed by atoms with Gasteiger partial charge in [0.05, 0.1) is 24.6 Å². The predicted octanol–water partition coefficient (Wildman–Crippen LogP) is 2.80. The maximum Gasteiger partial charge on any atom is 0.354 e. The molecule has 2 aromatic rings. The summed E-state index contributed by atoms with van der Waals surface area (Å²) < 4.78 is 5.70. The van der Waals surface area contributed by atoms with Crippen molar-refractivity contribution in [2.45, 2.75) is 0 Å². The van der Waals surface area contributed by atoms with Crippen molar-refractivity contribution in [2.75, 3.05) is 12.4 Å². The molecule has 0 bridgehead atoms. The minimum absolute atomic E-state index is 0.0874. The molecule has 7 heteroatoms. The number of carbonyl (C=O) groups excluding carboxylic acids is 1. The maximum absolute atomic E-state index is 12.2. The molecule has 0 aliphatic carbocycles. The zero-order valence-corrected chi connectivity index (χ0v) is 12.5. The Morgan fingerprint density at radius 2 is 2.05 bits per heavy atom. The second-order valence-corrected chi connectivity index (χ2v) is 4.89. The van der Waals surface area contributed by atoms with E-state index in [1.807, 2.05) is 0 Å². The highest BCUT2D eigenvalue weighted by Gasteiger charge is 2.12. The van der Waals surface area contributed by atoms with Crippen molar-refractivity contribution in [3.05, 3.63) is 52.3 Å². The van der Waals surface area contributed by atoms with Crippen LogP contribution in [0.15, 0.2) is 41.0 Å². The van der Waals surface area contributed by atoms with Gasteiger partial charge in [0.15, 0.2) is 0 Å². The molecule has 21 heavy (non-hydrogen) atoms. The standard InChI is InChI=1S/C14H11BrN2O4/c1-21-9-3-4-11(15)10(6-9)13(18)17-8-2-5-12(14(19)20)16-7-8/h2-7H,1H3,(H,17,18)(H,19,20). The second-order valence-electron chi connectivity index (χ2n) is 4.04. The molecular formula is C14H11BrN2O4. The number of benzene rings is 1. The highest BCUT2D eigenvalue weighted by atomic mass is 79.9. The van der Waals surface area contributed by atoms with E-state index in [1.165, 1.54) is 25.4 Å². The number of aromatic carboxylic acids is 1. The van der Waals surface area contributed by atoms with Gasteiger partial charge < -0.3 is 15.2 Å². The van der Waals surface area contributed by atoms with Crippen molar-refractivity contribution in [1.82, 2.24) is 4.98 Å². The Kier molecular flexibility index (Phi) is 4.54. The molecule has 1 heterocycles. The predicted molar refractivity (Wildman–Crippen MR) is 79.8 cm³/mol. The van der Waals surface area contributed by atoms with Crippen LogP contribution in [0, 0.1) is 0 Å². The van der Waals surface area contributed by atoms with Crippen LogP contribution in [0.4, 0.5) is 5.69 Å². The molecule has 0 unspecified atom stereocenters. The number of pyridine rings is 1. The summed E-state index contributed by atoms with van der Waals surface area (Å²) in [7, 11) is 1.51. The minimum atomic E-state index is -1.12. The fourth-order valence-corrected chi connectivity index (χ4v) is 2.02. The SMILES string of the molecule is COc1ccc(Br)c(C(=O)Nc2ccc(C(=O)O)nc2)c1. The number of methoxy groups -OCH3 is 1. The Balaban J connectivity index is 2.19. The van der Waals surface area contributed by atoms with Crippen LogP contribution in [0.3, 0.4) is 0 Å². The number of anilines is 1. The van der Waals surface area contributed by atoms with Gasteiger partial charge in [-0.15, -0.1) is 0 Å². The van der Waals surface area contributed by atoms with Crippen LogP contribution in [0.1, 0.15) is 20.8 Å². The lowest BCUT2D eigenvalue weighted by Crippen LogP contribution is -2.13. The summed E-state index contributed by atoms with van der Waals surface area (Å²) in [5.74, 6) is -0.920. The van der Waals surface area contributed by atoms with Gasteiger partial charge in [0.25, 0.3) is 5.91 Å². The van der Waals surface area contributed by atoms with Crippen molar-refractivity contribution >= 4 is 33.5 Å². The molecule has 0 radical (unpaired) electrons. The third kappa shape index (κ3) is 3.57. The average Bonchev–Trinajstić information content (AvgIpc) is 2.48. The number of nitrogens with zero attached hydrogens (tertiary/aromatic N) is 1. The number of carbonyl (C=O) groups is 2. The Morgan fingerprint density at radius 1 is 1.29 bits per heavy atom. The highest BCUT2D eigenvalue weighted by molar-refractivity contribution is 9.10. The Morgan fingerprint density at radius 3 is 2.62 bits per heavy atom. The molecule has 0 saturated carbocycles. The molecule has 0 fully saturated rings. The molecule has 0 atom stereocenters. The number of ether oxygens (including phenoxy) is 1. The molecule has 1 amide bonds. The first-order chi connectivity index (χ1) is 10.0. The van der Waals surface area contributed by atoms with E-state index in [0.29, 0.717) is 21.5 Å². The van der Waals surface area contributed by atoms with Gasteiger partial charge in [0.2, 0.25) is 0 Å². The van der Waals surface area contributed by atoms with Gasteiger partial charge in [-0.1, -0.05) is 0 Å². The molecule has 0 aliphatic rings. The molecule has 0 spiro atoms. The lowest BCUT2D eigenvalue weighted by molar-refractivity contribution is 0.0690. The van der Waals surface area contributed by atoms with E-state index in [2.05, 4.69) is 26.2 Å². The number of nitrogens with one attached hydrogen (secondary N) is 1. The fourth-order valence-electron chi connectivity index (χ4n) is 1.60. The quantitative estimate of drug-likeness (QED) is 0.884. The van der Waals surface area contributed by atoms with Crippen LogP contribution in [0.2, 0.25) is 0 Å². The van der Waals surface area contributed by atoms with E-state index in [4.69, 9.17) is 9.84 Å². The smallest absolute Gasteiger partial charge is 0.354 e. The van der Waals surface area contributed by atoms with Crippen molar-refractivity contribution in [2.24, 2.45) is 0 Å². The number of rotatable bonds is 4. The lowest BCUT2D eigenvalue weighted by atomic mass is 10.2. The van der Waals surface area contributed by atoms with Crippen LogP contribution in [0.25, 0.3) is 0 Å². The van der Waals surface area contributed by atoms with Gasteiger partial charge in [0.1, 0.15) is 11.4 Å². The van der Waals surface area contributed by atoms with Gasteiger partial charge in [-0.2, -0.15) is 0 Å². The number of carboxylic acids is 1. The van der Waals surface area contributed by atoms with Crippen molar-refractivity contribution < 1.29 is 19.4 Å². The number of amides is 1. The minimum Gasteiger partial charge on any atom is -0.497 e. The summed E-state index contributed by atoms with van der Waals surface area (Å²) in [5, 5.41) is 11.4. The number of hydrogen-bond acceptors (Lipinski definition) is 4. The van der Waals surface area contributed by atoms with Gasteiger partial charge in [0, 0.05) is 4.47 Å². The van der Waals surface area contributed by atoms with Gasteiger partial charge >= 0.3 is 5.97 Å². The largest absolute Gasteiger partial charge is 0.497 e. The van der Waals surface area contributed by atoms with Crippen molar-refractivity contribution in [3.63, 3.8) is 0 Å². The third-order valence-corrected chi connectivity index (χ3v) is 3.35. The summed E-state index contributed by atoms with van der Waals surface area (Å²) in [6.07, 6.45) is 1.29. The number of hydrogen-bond donors (Lipinski definition) is 2. The van der Waals surface area contributed by atoms with Crippen molar-refractivity contribution in [3.8, 4) is 5.75 Å². The monoisotopic (exact) mass is 350 g/mol. The molecule has 6 nitrogen and oxygen atoms in total. The number of aromatic nitrogens is 1. The first kappa shape index (κ1) is 15.0. The van der Waals surface area contributed by atoms with E-state index in [0.717, 1.165) is 0 Å². The zero-order chi connectivity index (χ0) is 15.4. The fraction of sp³-hybridized carbons (Fsp3) is 0.0714. The Hall–Kier alpha value is -2.41. The average molecular weight is 351 g/mol. The van der Waals surface area contributed by atoms with Crippen LogP contribution >= 0.6 is 15.9 Å². The van der Waals surface area contributed by atoms with Crippen LogP contribution in [-0.2, 0) is 0 Å². The molecule has 2 rings (SSSR count). The van der Waals surface area contributed by atoms with Gasteiger partial charge in [-0.25, -0.2) is 9.78 Å². The zero-order valence-electron chi connectivity index (χ0n) is 11.0. The molecule has 0 aliphatic heterocycles. The van der Waals surface area contributed by atoms with E-state index >= 15 is 0 Å². The molecule has 0 saturated heterocycles. The Bertz CT molecular complexity index is 686. The van der Waals surface area contributed by atoms with E-state index in [1.54, 1.807) is 18.2 Å². The number of halogens is 1. The normalized spacial score (nSPS) is 10.0. The molecule has 108 valence electrons. The summed E-state index contributed by atoms with van der Waals surface area (Å²) in [5.41, 5.74) is 0.715. The third-order valence-electron chi connectivity index (χ3n) is 2.66. The van der Waals surface area contributed by atoms with Crippen LogP contribution in [-0.4, -0.2) is 29.1 Å². The van der Waals surface area contributed by atoms with E-state index in [9.17, 15) is 9.59 Å². The molecule has 2 N–H and O–H groups in total. The van der Waals surface area contributed by atoms with E-state index in [-0.39, 0.29) is 11.6 Å². The summed E-state index contributed by atoms with van der Waals surface area (Å²) >= 11 is 3.29. The molecule has 1 aromatic carbocycles. The maximum atomic E-state index is 12.2. The van der Waals surface area contributed by atoms with Crippen LogP contribution < -0.4 is 10.1 Å². The summed E-state index contributed by atoms with van der Waals surface area (Å²) in [6.45, 7) is 0. The Labute approximate surface area is 128 Å². The second kappa shape index (κ2) is 6.36. The van der Waals surface area contributed by atoms with E-state index < -0.39 is 5.97 Å².